The number of rotatable bonds is 4. The molecule has 2 aliphatic rings. The highest BCUT2D eigenvalue weighted by molar-refractivity contribution is 5.75. The van der Waals surface area contributed by atoms with Crippen molar-refractivity contribution in [3.8, 4) is 0 Å². The second-order valence-corrected chi connectivity index (χ2v) is 6.93. The average Bonchev–Trinajstić information content (AvgIpc) is 3.30. The van der Waals surface area contributed by atoms with E-state index in [1.807, 2.05) is 13.8 Å². The van der Waals surface area contributed by atoms with Gasteiger partial charge in [-0.1, -0.05) is 6.07 Å². The standard InChI is InChI=1S/C18H24F2N2O2/c1-11-8-13(9-12(2)24-11)21-18(23)22(14-6-7-14)10-15-16(19)4-3-5-17(15)20/h3-5,11-14H,6-10H2,1-2H3,(H,21,23)/t11-,12-/m1/s1. The van der Waals surface area contributed by atoms with Crippen LogP contribution in [0.5, 0.6) is 0 Å². The van der Waals surface area contributed by atoms with Crippen LogP contribution in [0.3, 0.4) is 0 Å². The summed E-state index contributed by atoms with van der Waals surface area (Å²) in [5.41, 5.74) is -0.0479. The molecule has 1 aliphatic carbocycles. The van der Waals surface area contributed by atoms with Crippen molar-refractivity contribution < 1.29 is 18.3 Å². The van der Waals surface area contributed by atoms with Crippen molar-refractivity contribution in [3.63, 3.8) is 0 Å². The Morgan fingerprint density at radius 3 is 2.33 bits per heavy atom. The number of amides is 2. The van der Waals surface area contributed by atoms with Gasteiger partial charge in [-0.3, -0.25) is 0 Å². The number of benzene rings is 1. The molecule has 0 spiro atoms. The Hall–Kier alpha value is -1.69. The van der Waals surface area contributed by atoms with Crippen molar-refractivity contribution in [2.75, 3.05) is 0 Å². The molecule has 0 unspecified atom stereocenters. The molecule has 1 saturated heterocycles. The van der Waals surface area contributed by atoms with Crippen LogP contribution in [0, 0.1) is 11.6 Å². The number of ether oxygens (including phenoxy) is 1. The SMILES string of the molecule is C[C@@H]1CC(NC(=O)N(Cc2c(F)cccc2F)C2CC2)C[C@@H](C)O1. The molecular weight excluding hydrogens is 314 g/mol. The van der Waals surface area contributed by atoms with Gasteiger partial charge < -0.3 is 15.0 Å². The van der Waals surface area contributed by atoms with E-state index < -0.39 is 11.6 Å². The second-order valence-electron chi connectivity index (χ2n) is 6.93. The number of hydrogen-bond donors (Lipinski definition) is 1. The Labute approximate surface area is 141 Å². The molecule has 1 N–H and O–H groups in total. The molecule has 1 saturated carbocycles. The van der Waals surface area contributed by atoms with E-state index in [4.69, 9.17) is 4.74 Å². The fraction of sp³-hybridized carbons (Fsp3) is 0.611. The van der Waals surface area contributed by atoms with Gasteiger partial charge in [0.15, 0.2) is 0 Å². The molecular formula is C18H24F2N2O2. The van der Waals surface area contributed by atoms with E-state index in [0.29, 0.717) is 0 Å². The number of carbonyl (C=O) groups excluding carboxylic acids is 1. The predicted octanol–water partition coefficient (Wildman–Crippen LogP) is 3.59. The Morgan fingerprint density at radius 1 is 1.21 bits per heavy atom. The van der Waals surface area contributed by atoms with Crippen molar-refractivity contribution in [1.29, 1.82) is 0 Å². The summed E-state index contributed by atoms with van der Waals surface area (Å²) < 4.78 is 33.5. The third kappa shape index (κ3) is 4.04. The first-order chi connectivity index (χ1) is 11.4. The molecule has 1 aromatic rings. The van der Waals surface area contributed by atoms with Crippen LogP contribution in [0.1, 0.15) is 45.1 Å². The van der Waals surface area contributed by atoms with Crippen LogP contribution in [-0.4, -0.2) is 35.2 Å². The third-order valence-electron chi connectivity index (χ3n) is 4.66. The molecule has 4 nitrogen and oxygen atoms in total. The summed E-state index contributed by atoms with van der Waals surface area (Å²) in [4.78, 5) is 14.2. The summed E-state index contributed by atoms with van der Waals surface area (Å²) in [6, 6.07) is 3.64. The first kappa shape index (κ1) is 17.1. The lowest BCUT2D eigenvalue weighted by Gasteiger charge is -2.34. The zero-order valence-electron chi connectivity index (χ0n) is 14.1. The smallest absolute Gasteiger partial charge is 0.318 e. The van der Waals surface area contributed by atoms with Gasteiger partial charge in [0.05, 0.1) is 18.8 Å². The zero-order valence-corrected chi connectivity index (χ0v) is 14.1. The molecule has 1 heterocycles. The van der Waals surface area contributed by atoms with Crippen LogP contribution in [0.2, 0.25) is 0 Å². The summed E-state index contributed by atoms with van der Waals surface area (Å²) in [6.45, 7) is 3.94. The van der Waals surface area contributed by atoms with Gasteiger partial charge in [0.2, 0.25) is 0 Å². The zero-order chi connectivity index (χ0) is 17.3. The molecule has 0 aromatic heterocycles. The van der Waals surface area contributed by atoms with Crippen molar-refractivity contribution in [2.45, 2.75) is 70.4 Å². The molecule has 2 amide bonds. The van der Waals surface area contributed by atoms with Crippen LogP contribution < -0.4 is 5.32 Å². The summed E-state index contributed by atoms with van der Waals surface area (Å²) in [5, 5.41) is 3.02. The van der Waals surface area contributed by atoms with Gasteiger partial charge in [0.1, 0.15) is 11.6 Å². The van der Waals surface area contributed by atoms with Gasteiger partial charge in [0.25, 0.3) is 0 Å². The highest BCUT2D eigenvalue weighted by Crippen LogP contribution is 2.30. The lowest BCUT2D eigenvalue weighted by molar-refractivity contribution is -0.0407. The van der Waals surface area contributed by atoms with Crippen LogP contribution in [0.4, 0.5) is 13.6 Å². The molecule has 6 heteroatoms. The molecule has 0 radical (unpaired) electrons. The molecule has 24 heavy (non-hydrogen) atoms. The van der Waals surface area contributed by atoms with Gasteiger partial charge in [-0.2, -0.15) is 0 Å². The molecule has 0 bridgehead atoms. The number of halogens is 2. The number of nitrogens with zero attached hydrogens (tertiary/aromatic N) is 1. The Balaban J connectivity index is 1.68. The Kier molecular flexibility index (Phi) is 5.04. The van der Waals surface area contributed by atoms with E-state index in [0.717, 1.165) is 25.7 Å². The summed E-state index contributed by atoms with van der Waals surface area (Å²) in [7, 11) is 0. The lowest BCUT2D eigenvalue weighted by Crippen LogP contribution is -2.49. The molecule has 1 aromatic carbocycles. The monoisotopic (exact) mass is 338 g/mol. The number of carbonyl (C=O) groups is 1. The average molecular weight is 338 g/mol. The van der Waals surface area contributed by atoms with Gasteiger partial charge in [-0.25, -0.2) is 13.6 Å². The van der Waals surface area contributed by atoms with Crippen molar-refractivity contribution in [3.05, 3.63) is 35.4 Å². The largest absolute Gasteiger partial charge is 0.375 e. The summed E-state index contributed by atoms with van der Waals surface area (Å²) >= 11 is 0. The van der Waals surface area contributed by atoms with Crippen LogP contribution >= 0.6 is 0 Å². The van der Waals surface area contributed by atoms with Gasteiger partial charge >= 0.3 is 6.03 Å². The van der Waals surface area contributed by atoms with Gasteiger partial charge in [-0.15, -0.1) is 0 Å². The maximum absolute atomic E-state index is 13.9. The van der Waals surface area contributed by atoms with Crippen molar-refractivity contribution >= 4 is 6.03 Å². The van der Waals surface area contributed by atoms with Crippen molar-refractivity contribution in [2.24, 2.45) is 0 Å². The van der Waals surface area contributed by atoms with E-state index in [2.05, 4.69) is 5.32 Å². The molecule has 1 aliphatic heterocycles. The number of urea groups is 1. The van der Waals surface area contributed by atoms with Gasteiger partial charge in [-0.05, 0) is 51.7 Å². The molecule has 3 rings (SSSR count). The first-order valence-corrected chi connectivity index (χ1v) is 8.59. The van der Waals surface area contributed by atoms with E-state index in [1.54, 1.807) is 4.90 Å². The number of hydrogen-bond acceptors (Lipinski definition) is 2. The van der Waals surface area contributed by atoms with Crippen molar-refractivity contribution in [1.82, 2.24) is 10.2 Å². The fourth-order valence-electron chi connectivity index (χ4n) is 3.39. The summed E-state index contributed by atoms with van der Waals surface area (Å²) in [5.74, 6) is -1.22. The minimum absolute atomic E-state index is 0.0305. The maximum atomic E-state index is 13.9. The third-order valence-corrected chi connectivity index (χ3v) is 4.66. The van der Waals surface area contributed by atoms with Gasteiger partial charge in [0, 0.05) is 17.6 Å². The molecule has 2 atom stereocenters. The maximum Gasteiger partial charge on any atom is 0.318 e. The first-order valence-electron chi connectivity index (χ1n) is 8.59. The van der Waals surface area contributed by atoms with E-state index in [-0.39, 0.29) is 42.4 Å². The lowest BCUT2D eigenvalue weighted by atomic mass is 10.00. The van der Waals surface area contributed by atoms with E-state index in [9.17, 15) is 13.6 Å². The van der Waals surface area contributed by atoms with Crippen LogP contribution in [0.25, 0.3) is 0 Å². The van der Waals surface area contributed by atoms with E-state index >= 15 is 0 Å². The molecule has 132 valence electrons. The second kappa shape index (κ2) is 7.05. The summed E-state index contributed by atoms with van der Waals surface area (Å²) in [6.07, 6.45) is 3.45. The fourth-order valence-corrected chi connectivity index (χ4v) is 3.39. The van der Waals surface area contributed by atoms with Crippen LogP contribution in [-0.2, 0) is 11.3 Å². The normalized spacial score (nSPS) is 26.9. The minimum Gasteiger partial charge on any atom is -0.375 e. The minimum atomic E-state index is -0.609. The highest BCUT2D eigenvalue weighted by atomic mass is 19.1. The highest BCUT2D eigenvalue weighted by Gasteiger charge is 2.35. The Bertz CT molecular complexity index is 576. The predicted molar refractivity (Wildman–Crippen MR) is 86.5 cm³/mol. The topological polar surface area (TPSA) is 41.6 Å². The van der Waals surface area contributed by atoms with Crippen LogP contribution in [0.15, 0.2) is 18.2 Å². The molecule has 2 fully saturated rings. The van der Waals surface area contributed by atoms with E-state index in [1.165, 1.54) is 18.2 Å². The Morgan fingerprint density at radius 2 is 1.79 bits per heavy atom. The quantitative estimate of drug-likeness (QED) is 0.911. The number of nitrogens with one attached hydrogen (secondary N) is 1.